The molecular weight excluding hydrogens is 625 g/mol. The van der Waals surface area contributed by atoms with Crippen LogP contribution in [0, 0.1) is 0 Å². The molecule has 0 radical (unpaired) electrons. The molecule has 0 spiro atoms. The van der Waals surface area contributed by atoms with E-state index in [9.17, 15) is 0 Å². The van der Waals surface area contributed by atoms with Crippen LogP contribution in [0.4, 0.5) is 0 Å². The van der Waals surface area contributed by atoms with Crippen molar-refractivity contribution < 1.29 is 0 Å². The Bertz CT molecular complexity index is 2500. The molecule has 0 aliphatic heterocycles. The average molecular weight is 657 g/mol. The average Bonchev–Trinajstić information content (AvgIpc) is 3.62. The molecule has 9 rings (SSSR count). The van der Waals surface area contributed by atoms with Crippen molar-refractivity contribution in [2.75, 3.05) is 0 Å². The van der Waals surface area contributed by atoms with Gasteiger partial charge < -0.3 is 4.57 Å². The highest BCUT2D eigenvalue weighted by Gasteiger charge is 2.21. The third-order valence-corrected chi connectivity index (χ3v) is 9.37. The highest BCUT2D eigenvalue weighted by Crippen LogP contribution is 2.39. The van der Waals surface area contributed by atoms with Crippen LogP contribution in [0.25, 0.3) is 67.7 Å². The highest BCUT2D eigenvalue weighted by molar-refractivity contribution is 5.87. The predicted octanol–water partition coefficient (Wildman–Crippen LogP) is 10.4. The summed E-state index contributed by atoms with van der Waals surface area (Å²) in [5.41, 5.74) is 10.6. The molecule has 1 aliphatic rings. The highest BCUT2D eigenvalue weighted by atomic mass is 15.0. The number of hydrogen-bond donors (Lipinski definition) is 0. The maximum Gasteiger partial charge on any atom is 0.182 e. The molecule has 1 aliphatic carbocycles. The van der Waals surface area contributed by atoms with E-state index >= 15 is 0 Å². The first-order valence-corrected chi connectivity index (χ1v) is 17.1. The number of benzene rings is 4. The minimum absolute atomic E-state index is 0.252. The number of fused-ring (bicyclic) bond motifs is 1. The van der Waals surface area contributed by atoms with Gasteiger partial charge in [0.1, 0.15) is 5.69 Å². The van der Waals surface area contributed by atoms with E-state index in [1.54, 1.807) is 12.4 Å². The zero-order valence-electron chi connectivity index (χ0n) is 27.7. The molecule has 0 N–H and O–H groups in total. The second-order valence-corrected chi connectivity index (χ2v) is 12.6. The second kappa shape index (κ2) is 13.3. The first kappa shape index (κ1) is 30.3. The molecule has 1 atom stereocenters. The van der Waals surface area contributed by atoms with Gasteiger partial charge in [0.25, 0.3) is 0 Å². The quantitative estimate of drug-likeness (QED) is 0.171. The lowest BCUT2D eigenvalue weighted by atomic mass is 9.85. The fourth-order valence-electron chi connectivity index (χ4n) is 6.85. The van der Waals surface area contributed by atoms with Crippen molar-refractivity contribution >= 4 is 16.5 Å². The number of nitrogens with zero attached hydrogens (tertiary/aromatic N) is 6. The molecule has 4 aromatic heterocycles. The van der Waals surface area contributed by atoms with Crippen molar-refractivity contribution in [3.63, 3.8) is 0 Å². The Balaban J connectivity index is 1.04. The number of pyridine rings is 2. The third kappa shape index (κ3) is 6.04. The monoisotopic (exact) mass is 656 g/mol. The van der Waals surface area contributed by atoms with Crippen LogP contribution >= 0.6 is 0 Å². The van der Waals surface area contributed by atoms with E-state index < -0.39 is 0 Å². The molecule has 6 heteroatoms. The van der Waals surface area contributed by atoms with Crippen LogP contribution in [0.1, 0.15) is 23.5 Å². The number of allylic oxidation sites excluding steroid dienone is 4. The normalized spacial score (nSPS) is 14.0. The summed E-state index contributed by atoms with van der Waals surface area (Å²) in [6, 6.07) is 47.7. The minimum atomic E-state index is 0.252. The fourth-order valence-corrected chi connectivity index (χ4v) is 6.85. The smallest absolute Gasteiger partial charge is 0.182 e. The van der Waals surface area contributed by atoms with Gasteiger partial charge in [0.2, 0.25) is 0 Å². The molecular formula is C45H32N6. The Hall–Kier alpha value is -6.79. The number of rotatable bonds is 7. The molecule has 0 saturated carbocycles. The maximum atomic E-state index is 5.10. The molecule has 0 fully saturated rings. The van der Waals surface area contributed by atoms with Gasteiger partial charge in [-0.2, -0.15) is 0 Å². The largest absolute Gasteiger partial charge is 0.316 e. The fraction of sp³-hybridized carbons (Fsp3) is 0.0444. The second-order valence-electron chi connectivity index (χ2n) is 12.6. The SMILES string of the molecule is C1=CC(c2cn(-c3ccccc3)c3ccccc23)CC(c2cccc(-c3cccc(-c4nc(-c5ccccc5)nc(-c5ccncc5)n4)n3)c2)=C1. The van der Waals surface area contributed by atoms with Gasteiger partial charge in [0, 0.05) is 52.3 Å². The minimum Gasteiger partial charge on any atom is -0.316 e. The van der Waals surface area contributed by atoms with Crippen molar-refractivity contribution in [3.05, 3.63) is 187 Å². The summed E-state index contributed by atoms with van der Waals surface area (Å²) in [5, 5.41) is 1.29. The Morgan fingerprint density at radius 2 is 1.18 bits per heavy atom. The van der Waals surface area contributed by atoms with Crippen LogP contribution < -0.4 is 0 Å². The number of hydrogen-bond acceptors (Lipinski definition) is 5. The predicted molar refractivity (Wildman–Crippen MR) is 205 cm³/mol. The lowest BCUT2D eigenvalue weighted by molar-refractivity contribution is 0.870. The zero-order valence-corrected chi connectivity index (χ0v) is 27.7. The van der Waals surface area contributed by atoms with Crippen molar-refractivity contribution in [3.8, 4) is 51.2 Å². The molecule has 0 amide bonds. The topological polar surface area (TPSA) is 69.4 Å². The van der Waals surface area contributed by atoms with Gasteiger partial charge in [-0.15, -0.1) is 0 Å². The third-order valence-electron chi connectivity index (χ3n) is 9.37. The van der Waals surface area contributed by atoms with Crippen molar-refractivity contribution in [1.29, 1.82) is 0 Å². The van der Waals surface area contributed by atoms with E-state index in [0.717, 1.165) is 28.8 Å². The molecule has 4 aromatic carbocycles. The van der Waals surface area contributed by atoms with Crippen LogP contribution in [0.15, 0.2) is 176 Å². The molecule has 4 heterocycles. The standard InChI is InChI=1S/C45H32N6/c1-3-12-31(13-4-1)43-48-44(32-24-26-46-27-25-32)50-45(49-43)41-22-11-21-40(47-41)36-17-10-15-34(29-36)33-14-9-16-35(28-33)39-30-51(37-18-5-2-6-19-37)42-23-8-7-20-38(39)42/h1-27,29-30,35H,28H2. The van der Waals surface area contributed by atoms with Crippen molar-refractivity contribution in [2.45, 2.75) is 12.3 Å². The van der Waals surface area contributed by atoms with Crippen LogP contribution in [0.2, 0.25) is 0 Å². The van der Waals surface area contributed by atoms with Crippen LogP contribution in [-0.4, -0.2) is 29.5 Å². The molecule has 8 aromatic rings. The molecule has 0 saturated heterocycles. The Morgan fingerprint density at radius 3 is 2.00 bits per heavy atom. The summed E-state index contributed by atoms with van der Waals surface area (Å²) >= 11 is 0. The summed E-state index contributed by atoms with van der Waals surface area (Å²) in [6.45, 7) is 0. The van der Waals surface area contributed by atoms with Crippen LogP contribution in [0.5, 0.6) is 0 Å². The summed E-state index contributed by atoms with van der Waals surface area (Å²) in [5.74, 6) is 1.95. The summed E-state index contributed by atoms with van der Waals surface area (Å²) in [4.78, 5) is 23.8. The van der Waals surface area contributed by atoms with Crippen LogP contribution in [-0.2, 0) is 0 Å². The van der Waals surface area contributed by atoms with Crippen LogP contribution in [0.3, 0.4) is 0 Å². The lowest BCUT2D eigenvalue weighted by Gasteiger charge is -2.19. The number of para-hydroxylation sites is 2. The van der Waals surface area contributed by atoms with Crippen molar-refractivity contribution in [1.82, 2.24) is 29.5 Å². The van der Waals surface area contributed by atoms with Gasteiger partial charge in [-0.05, 0) is 71.7 Å². The van der Waals surface area contributed by atoms with E-state index in [0.29, 0.717) is 23.2 Å². The van der Waals surface area contributed by atoms with E-state index in [4.69, 9.17) is 19.9 Å². The Morgan fingerprint density at radius 1 is 0.529 bits per heavy atom. The van der Waals surface area contributed by atoms with E-state index in [1.807, 2.05) is 60.7 Å². The van der Waals surface area contributed by atoms with Gasteiger partial charge in [-0.3, -0.25) is 4.98 Å². The van der Waals surface area contributed by atoms with E-state index in [1.165, 1.54) is 33.3 Å². The van der Waals surface area contributed by atoms with Gasteiger partial charge in [0.05, 0.1) is 11.2 Å². The number of aromatic nitrogens is 6. The molecule has 51 heavy (non-hydrogen) atoms. The molecule has 6 nitrogen and oxygen atoms in total. The Labute approximate surface area is 296 Å². The molecule has 242 valence electrons. The van der Waals surface area contributed by atoms with Gasteiger partial charge in [0.15, 0.2) is 17.5 Å². The first-order valence-electron chi connectivity index (χ1n) is 17.1. The zero-order chi connectivity index (χ0) is 34.0. The lowest BCUT2D eigenvalue weighted by Crippen LogP contribution is -2.02. The van der Waals surface area contributed by atoms with Crippen molar-refractivity contribution in [2.24, 2.45) is 0 Å². The first-order chi connectivity index (χ1) is 25.3. The summed E-state index contributed by atoms with van der Waals surface area (Å²) in [6.07, 6.45) is 13.5. The van der Waals surface area contributed by atoms with Gasteiger partial charge in [-0.1, -0.05) is 109 Å². The summed E-state index contributed by atoms with van der Waals surface area (Å²) < 4.78 is 2.31. The van der Waals surface area contributed by atoms with E-state index in [2.05, 4.69) is 113 Å². The molecule has 1 unspecified atom stereocenters. The molecule has 0 bridgehead atoms. The maximum absolute atomic E-state index is 5.10. The Kier molecular flexibility index (Phi) is 7.87. The van der Waals surface area contributed by atoms with Gasteiger partial charge >= 0.3 is 0 Å². The van der Waals surface area contributed by atoms with Gasteiger partial charge in [-0.25, -0.2) is 19.9 Å². The van der Waals surface area contributed by atoms with E-state index in [-0.39, 0.29) is 5.92 Å². The summed E-state index contributed by atoms with van der Waals surface area (Å²) in [7, 11) is 0.